The molecule has 1 heterocycles. The molecular weight excluding hydrogens is 292 g/mol. The Balaban J connectivity index is 1.94. The monoisotopic (exact) mass is 304 g/mol. The molecule has 3 N–H and O–H groups in total. The molecule has 0 bridgehead atoms. The van der Waals surface area contributed by atoms with Crippen LogP contribution in [0.3, 0.4) is 0 Å². The van der Waals surface area contributed by atoms with Crippen molar-refractivity contribution in [3.05, 3.63) is 58.2 Å². The van der Waals surface area contributed by atoms with Crippen LogP contribution in [-0.2, 0) is 16.1 Å². The lowest BCUT2D eigenvalue weighted by molar-refractivity contribution is -0.139. The number of ether oxygens (including phenoxy) is 1. The number of benzene rings is 1. The zero-order valence-electron chi connectivity index (χ0n) is 11.2. The van der Waals surface area contributed by atoms with Crippen molar-refractivity contribution in [2.75, 3.05) is 0 Å². The van der Waals surface area contributed by atoms with Crippen molar-refractivity contribution in [2.24, 2.45) is 0 Å². The topological polar surface area (TPSA) is 117 Å². The van der Waals surface area contributed by atoms with Gasteiger partial charge in [-0.05, 0) is 23.8 Å². The Morgan fingerprint density at radius 1 is 1.14 bits per heavy atom. The van der Waals surface area contributed by atoms with Gasteiger partial charge in [-0.2, -0.15) is 0 Å². The van der Waals surface area contributed by atoms with Gasteiger partial charge >= 0.3 is 5.97 Å². The quantitative estimate of drug-likeness (QED) is 0.445. The summed E-state index contributed by atoms with van der Waals surface area (Å²) in [6, 6.07) is 5.08. The summed E-state index contributed by atoms with van der Waals surface area (Å²) in [6.07, 6.45) is 3.36. The summed E-state index contributed by atoms with van der Waals surface area (Å²) in [6.45, 7) is -0.264. The third-order valence-corrected chi connectivity index (χ3v) is 2.63. The minimum absolute atomic E-state index is 0.0897. The lowest BCUT2D eigenvalue weighted by atomic mass is 10.2. The Morgan fingerprint density at radius 2 is 1.91 bits per heavy atom. The van der Waals surface area contributed by atoms with E-state index in [0.717, 1.165) is 18.4 Å². The predicted octanol–water partition coefficient (Wildman–Crippen LogP) is 1.51. The van der Waals surface area contributed by atoms with Crippen molar-refractivity contribution < 1.29 is 29.3 Å². The Morgan fingerprint density at radius 3 is 2.59 bits per heavy atom. The first-order chi connectivity index (χ1) is 10.5. The molecule has 7 heteroatoms. The minimum atomic E-state index is -0.691. The normalized spacial score (nSPS) is 10.7. The van der Waals surface area contributed by atoms with E-state index in [-0.39, 0.29) is 23.9 Å². The Labute approximate surface area is 124 Å². The smallest absolute Gasteiger partial charge is 0.331 e. The molecule has 22 heavy (non-hydrogen) atoms. The second kappa shape index (κ2) is 6.49. The summed E-state index contributed by atoms with van der Waals surface area (Å²) in [5, 5.41) is 27.5. The molecule has 0 aliphatic carbocycles. The van der Waals surface area contributed by atoms with Crippen molar-refractivity contribution in [3.8, 4) is 17.2 Å². The van der Waals surface area contributed by atoms with Gasteiger partial charge in [-0.1, -0.05) is 6.07 Å². The summed E-state index contributed by atoms with van der Waals surface area (Å²) >= 11 is 0. The highest BCUT2D eigenvalue weighted by Crippen LogP contribution is 2.25. The maximum atomic E-state index is 11.5. The van der Waals surface area contributed by atoms with Gasteiger partial charge in [0.05, 0.1) is 0 Å². The summed E-state index contributed by atoms with van der Waals surface area (Å²) in [4.78, 5) is 22.6. The number of phenols is 2. The molecule has 0 fully saturated rings. The molecule has 1 aromatic carbocycles. The SMILES string of the molecule is O=C(/C=C/c1ccc(O)c(O)c1)OCc1cc(=O)c(O)co1. The third kappa shape index (κ3) is 3.89. The van der Waals surface area contributed by atoms with Crippen LogP contribution < -0.4 is 5.43 Å². The van der Waals surface area contributed by atoms with Gasteiger partial charge in [0.25, 0.3) is 0 Å². The Hall–Kier alpha value is -3.22. The van der Waals surface area contributed by atoms with Crippen LogP contribution in [0.25, 0.3) is 6.08 Å². The number of phenolic OH excluding ortho intramolecular Hbond substituents is 2. The number of hydrogen-bond donors (Lipinski definition) is 3. The first-order valence-corrected chi connectivity index (χ1v) is 6.13. The fourth-order valence-corrected chi connectivity index (χ4v) is 1.52. The molecule has 0 spiro atoms. The molecule has 114 valence electrons. The van der Waals surface area contributed by atoms with E-state index in [1.54, 1.807) is 0 Å². The van der Waals surface area contributed by atoms with Gasteiger partial charge in [0.1, 0.15) is 18.6 Å². The predicted molar refractivity (Wildman–Crippen MR) is 75.2 cm³/mol. The van der Waals surface area contributed by atoms with E-state index >= 15 is 0 Å². The fraction of sp³-hybridized carbons (Fsp3) is 0.0667. The van der Waals surface area contributed by atoms with Crippen molar-refractivity contribution in [1.29, 1.82) is 0 Å². The van der Waals surface area contributed by atoms with Gasteiger partial charge in [0.15, 0.2) is 17.2 Å². The van der Waals surface area contributed by atoms with E-state index in [0.29, 0.717) is 5.56 Å². The first-order valence-electron chi connectivity index (χ1n) is 6.13. The Bertz CT molecular complexity index is 774. The molecule has 0 aliphatic rings. The van der Waals surface area contributed by atoms with Gasteiger partial charge in [-0.15, -0.1) is 0 Å². The van der Waals surface area contributed by atoms with Crippen LogP contribution in [0.1, 0.15) is 11.3 Å². The van der Waals surface area contributed by atoms with Gasteiger partial charge in [0, 0.05) is 12.1 Å². The summed E-state index contributed by atoms with van der Waals surface area (Å²) in [5.74, 6) is -1.69. The van der Waals surface area contributed by atoms with Crippen molar-refractivity contribution in [1.82, 2.24) is 0 Å². The van der Waals surface area contributed by atoms with Crippen LogP contribution in [0.2, 0.25) is 0 Å². The number of esters is 1. The van der Waals surface area contributed by atoms with Crippen molar-refractivity contribution >= 4 is 12.0 Å². The molecule has 0 radical (unpaired) electrons. The van der Waals surface area contributed by atoms with Crippen LogP contribution in [0.15, 0.2) is 45.8 Å². The second-order valence-electron chi connectivity index (χ2n) is 4.29. The maximum absolute atomic E-state index is 11.5. The minimum Gasteiger partial charge on any atom is -0.504 e. The average Bonchev–Trinajstić information content (AvgIpc) is 2.49. The fourth-order valence-electron chi connectivity index (χ4n) is 1.52. The number of carbonyl (C=O) groups excluding carboxylic acids is 1. The van der Waals surface area contributed by atoms with Crippen LogP contribution in [0.5, 0.6) is 17.2 Å². The zero-order chi connectivity index (χ0) is 16.1. The van der Waals surface area contributed by atoms with Crippen molar-refractivity contribution in [2.45, 2.75) is 6.61 Å². The molecule has 0 atom stereocenters. The molecule has 0 amide bonds. The Kier molecular flexibility index (Phi) is 4.47. The highest BCUT2D eigenvalue weighted by Gasteiger charge is 2.05. The average molecular weight is 304 g/mol. The lowest BCUT2D eigenvalue weighted by Crippen LogP contribution is -2.04. The molecule has 7 nitrogen and oxygen atoms in total. The standard InChI is InChI=1S/C15H12O7/c16-11-3-1-9(5-12(11)17)2-4-15(20)22-7-10-6-13(18)14(19)8-21-10/h1-6,8,16-17,19H,7H2/b4-2+. The number of hydrogen-bond acceptors (Lipinski definition) is 7. The number of rotatable bonds is 4. The first kappa shape index (κ1) is 15.2. The molecule has 0 unspecified atom stereocenters. The summed E-state index contributed by atoms with van der Waals surface area (Å²) in [7, 11) is 0. The molecule has 0 saturated heterocycles. The molecule has 0 saturated carbocycles. The number of aromatic hydroxyl groups is 3. The molecule has 2 aromatic rings. The van der Waals surface area contributed by atoms with Gasteiger partial charge in [-0.25, -0.2) is 4.79 Å². The van der Waals surface area contributed by atoms with Gasteiger partial charge < -0.3 is 24.5 Å². The number of carbonyl (C=O) groups is 1. The van der Waals surface area contributed by atoms with E-state index in [2.05, 4.69) is 0 Å². The molecular formula is C15H12O7. The lowest BCUT2D eigenvalue weighted by Gasteiger charge is -2.01. The summed E-state index contributed by atoms with van der Waals surface area (Å²) < 4.78 is 9.72. The van der Waals surface area contributed by atoms with E-state index in [1.807, 2.05) is 0 Å². The molecule has 2 rings (SSSR count). The van der Waals surface area contributed by atoms with Crippen LogP contribution >= 0.6 is 0 Å². The van der Waals surface area contributed by atoms with E-state index < -0.39 is 17.1 Å². The van der Waals surface area contributed by atoms with E-state index in [1.165, 1.54) is 24.3 Å². The van der Waals surface area contributed by atoms with Crippen LogP contribution in [0.4, 0.5) is 0 Å². The van der Waals surface area contributed by atoms with Crippen LogP contribution in [0, 0.1) is 0 Å². The van der Waals surface area contributed by atoms with E-state index in [9.17, 15) is 14.7 Å². The highest BCUT2D eigenvalue weighted by atomic mass is 16.5. The third-order valence-electron chi connectivity index (χ3n) is 2.63. The van der Waals surface area contributed by atoms with E-state index in [4.69, 9.17) is 19.4 Å². The summed E-state index contributed by atoms with van der Waals surface area (Å²) in [5.41, 5.74) is -0.143. The van der Waals surface area contributed by atoms with Gasteiger partial charge in [-0.3, -0.25) is 4.79 Å². The second-order valence-corrected chi connectivity index (χ2v) is 4.29. The van der Waals surface area contributed by atoms with Gasteiger partial charge in [0.2, 0.25) is 5.43 Å². The molecule has 0 aliphatic heterocycles. The maximum Gasteiger partial charge on any atom is 0.331 e. The highest BCUT2D eigenvalue weighted by molar-refractivity contribution is 5.87. The largest absolute Gasteiger partial charge is 0.504 e. The van der Waals surface area contributed by atoms with Crippen molar-refractivity contribution in [3.63, 3.8) is 0 Å². The van der Waals surface area contributed by atoms with Crippen LogP contribution in [-0.4, -0.2) is 21.3 Å². The molecule has 1 aromatic heterocycles. The zero-order valence-corrected chi connectivity index (χ0v) is 11.2.